The van der Waals surface area contributed by atoms with Crippen LogP contribution >= 0.6 is 0 Å². The lowest BCUT2D eigenvalue weighted by Crippen LogP contribution is -2.42. The van der Waals surface area contributed by atoms with E-state index in [1.54, 1.807) is 0 Å². The Hall–Kier alpha value is -0.0800. The Morgan fingerprint density at radius 2 is 1.57 bits per heavy atom. The fourth-order valence-electron chi connectivity index (χ4n) is 3.84. The highest BCUT2D eigenvalue weighted by Crippen LogP contribution is 2.51. The van der Waals surface area contributed by atoms with Gasteiger partial charge in [-0.05, 0) is 49.9 Å². The molecule has 2 aliphatic carbocycles. The van der Waals surface area contributed by atoms with Crippen molar-refractivity contribution in [2.45, 2.75) is 52.2 Å². The van der Waals surface area contributed by atoms with E-state index < -0.39 is 6.29 Å². The molecule has 0 radical (unpaired) electrons. The lowest BCUT2D eigenvalue weighted by atomic mass is 9.59. The zero-order chi connectivity index (χ0) is 10.3. The fraction of sp³-hybridized carbons (Fsp3) is 1.00. The van der Waals surface area contributed by atoms with Gasteiger partial charge in [0.15, 0.2) is 6.29 Å². The predicted octanol–water partition coefficient (Wildman–Crippen LogP) is 2.15. The first-order valence-electron chi connectivity index (χ1n) is 5.86. The molecule has 0 aromatic rings. The Balaban J connectivity index is 2.08. The van der Waals surface area contributed by atoms with Crippen LogP contribution in [0.4, 0.5) is 0 Å². The van der Waals surface area contributed by atoms with Crippen molar-refractivity contribution >= 4 is 0 Å². The standard InChI is InChI=1S/C12H22O2/c1-8-3-9-5-10(4-8)7-12(2,6-9)11(13)14/h8-11,13-14H,3-7H2,1-2H3. The molecule has 82 valence electrons. The summed E-state index contributed by atoms with van der Waals surface area (Å²) in [5.74, 6) is 2.33. The zero-order valence-corrected chi connectivity index (χ0v) is 9.24. The van der Waals surface area contributed by atoms with Gasteiger partial charge in [0.25, 0.3) is 0 Å². The van der Waals surface area contributed by atoms with E-state index >= 15 is 0 Å². The van der Waals surface area contributed by atoms with Crippen LogP contribution in [0.15, 0.2) is 0 Å². The molecule has 0 saturated heterocycles. The molecule has 2 saturated carbocycles. The van der Waals surface area contributed by atoms with Crippen LogP contribution in [-0.2, 0) is 0 Å². The summed E-state index contributed by atoms with van der Waals surface area (Å²) in [7, 11) is 0. The van der Waals surface area contributed by atoms with Crippen molar-refractivity contribution in [3.05, 3.63) is 0 Å². The van der Waals surface area contributed by atoms with Crippen LogP contribution in [0.1, 0.15) is 46.0 Å². The second-order valence-corrected chi connectivity index (χ2v) is 5.98. The zero-order valence-electron chi connectivity index (χ0n) is 9.24. The largest absolute Gasteiger partial charge is 0.368 e. The van der Waals surface area contributed by atoms with Gasteiger partial charge in [0.05, 0.1) is 0 Å². The minimum absolute atomic E-state index is 0.228. The van der Waals surface area contributed by atoms with Gasteiger partial charge in [0.2, 0.25) is 0 Å². The molecule has 2 nitrogen and oxygen atoms in total. The maximum atomic E-state index is 9.41. The van der Waals surface area contributed by atoms with Crippen LogP contribution in [0.2, 0.25) is 0 Å². The van der Waals surface area contributed by atoms with Gasteiger partial charge in [-0.2, -0.15) is 0 Å². The van der Waals surface area contributed by atoms with E-state index in [0.717, 1.165) is 30.6 Å². The van der Waals surface area contributed by atoms with Crippen molar-refractivity contribution in [3.63, 3.8) is 0 Å². The van der Waals surface area contributed by atoms with Crippen molar-refractivity contribution in [3.8, 4) is 0 Å². The average Bonchev–Trinajstić information content (AvgIpc) is 2.00. The molecule has 2 aliphatic rings. The van der Waals surface area contributed by atoms with E-state index in [0.29, 0.717) is 0 Å². The SMILES string of the molecule is CC1CC2CC(C1)CC(C)(C(O)O)C2. The second kappa shape index (κ2) is 3.49. The highest BCUT2D eigenvalue weighted by molar-refractivity contribution is 4.92. The third-order valence-corrected chi connectivity index (χ3v) is 4.27. The first kappa shape index (κ1) is 10.4. The number of hydrogen-bond acceptors (Lipinski definition) is 2. The predicted molar refractivity (Wildman–Crippen MR) is 55.6 cm³/mol. The van der Waals surface area contributed by atoms with E-state index in [9.17, 15) is 10.2 Å². The molecule has 2 bridgehead atoms. The molecule has 2 N–H and O–H groups in total. The number of fused-ring (bicyclic) bond motifs is 2. The molecule has 2 rings (SSSR count). The summed E-state index contributed by atoms with van der Waals surface area (Å²) in [6, 6.07) is 0. The topological polar surface area (TPSA) is 40.5 Å². The summed E-state index contributed by atoms with van der Waals surface area (Å²) in [6.45, 7) is 4.37. The molecule has 2 atom stereocenters. The molecule has 2 unspecified atom stereocenters. The molecule has 0 spiro atoms. The molecular weight excluding hydrogens is 176 g/mol. The van der Waals surface area contributed by atoms with Gasteiger partial charge in [0.1, 0.15) is 0 Å². The smallest absolute Gasteiger partial charge is 0.156 e. The van der Waals surface area contributed by atoms with Gasteiger partial charge in [-0.25, -0.2) is 0 Å². The second-order valence-electron chi connectivity index (χ2n) is 5.98. The van der Waals surface area contributed by atoms with E-state index in [1.807, 2.05) is 6.92 Å². The molecule has 2 fully saturated rings. The summed E-state index contributed by atoms with van der Waals surface area (Å²) in [5.41, 5.74) is -0.228. The summed E-state index contributed by atoms with van der Waals surface area (Å²) >= 11 is 0. The van der Waals surface area contributed by atoms with Gasteiger partial charge >= 0.3 is 0 Å². The molecule has 0 aromatic heterocycles. The van der Waals surface area contributed by atoms with Crippen molar-refractivity contribution < 1.29 is 10.2 Å². The summed E-state index contributed by atoms with van der Waals surface area (Å²) in [4.78, 5) is 0. The van der Waals surface area contributed by atoms with Crippen molar-refractivity contribution in [2.75, 3.05) is 0 Å². The van der Waals surface area contributed by atoms with Crippen LogP contribution in [0.5, 0.6) is 0 Å². The first-order chi connectivity index (χ1) is 6.49. The van der Waals surface area contributed by atoms with Crippen molar-refractivity contribution in [1.29, 1.82) is 0 Å². The monoisotopic (exact) mass is 198 g/mol. The highest BCUT2D eigenvalue weighted by atomic mass is 16.5. The van der Waals surface area contributed by atoms with Crippen LogP contribution in [-0.4, -0.2) is 16.5 Å². The fourth-order valence-corrected chi connectivity index (χ4v) is 3.84. The van der Waals surface area contributed by atoms with Gasteiger partial charge in [0, 0.05) is 5.41 Å². The van der Waals surface area contributed by atoms with Gasteiger partial charge in [-0.15, -0.1) is 0 Å². The van der Waals surface area contributed by atoms with Crippen LogP contribution in [0.25, 0.3) is 0 Å². The number of aliphatic hydroxyl groups is 2. The lowest BCUT2D eigenvalue weighted by molar-refractivity contribution is -0.161. The Kier molecular flexibility index (Phi) is 2.61. The molecule has 2 heteroatoms. The maximum absolute atomic E-state index is 9.41. The van der Waals surface area contributed by atoms with Crippen LogP contribution < -0.4 is 0 Å². The molecule has 0 aliphatic heterocycles. The Morgan fingerprint density at radius 3 is 2.00 bits per heavy atom. The van der Waals surface area contributed by atoms with Gasteiger partial charge < -0.3 is 10.2 Å². The third kappa shape index (κ3) is 1.82. The van der Waals surface area contributed by atoms with E-state index in [4.69, 9.17) is 0 Å². The molecular formula is C12H22O2. The average molecular weight is 198 g/mol. The van der Waals surface area contributed by atoms with Gasteiger partial charge in [-0.1, -0.05) is 13.8 Å². The molecule has 0 heterocycles. The van der Waals surface area contributed by atoms with Gasteiger partial charge in [-0.3, -0.25) is 0 Å². The molecule has 0 aromatic carbocycles. The highest BCUT2D eigenvalue weighted by Gasteiger charge is 2.44. The van der Waals surface area contributed by atoms with E-state index in [2.05, 4.69) is 6.92 Å². The van der Waals surface area contributed by atoms with Crippen molar-refractivity contribution in [2.24, 2.45) is 23.2 Å². The van der Waals surface area contributed by atoms with Crippen molar-refractivity contribution in [1.82, 2.24) is 0 Å². The van der Waals surface area contributed by atoms with E-state index in [1.165, 1.54) is 19.3 Å². The first-order valence-corrected chi connectivity index (χ1v) is 5.86. The van der Waals surface area contributed by atoms with Crippen LogP contribution in [0.3, 0.4) is 0 Å². The number of aliphatic hydroxyl groups excluding tert-OH is 1. The summed E-state index contributed by atoms with van der Waals surface area (Å²) in [5, 5.41) is 18.8. The van der Waals surface area contributed by atoms with E-state index in [-0.39, 0.29) is 5.41 Å². The molecule has 14 heavy (non-hydrogen) atoms. The quantitative estimate of drug-likeness (QED) is 0.634. The Bertz CT molecular complexity index is 194. The number of rotatable bonds is 1. The maximum Gasteiger partial charge on any atom is 0.156 e. The Morgan fingerprint density at radius 1 is 1.07 bits per heavy atom. The number of hydrogen-bond donors (Lipinski definition) is 2. The summed E-state index contributed by atoms with van der Waals surface area (Å²) < 4.78 is 0. The molecule has 0 amide bonds. The Labute approximate surface area is 86.3 Å². The minimum atomic E-state index is -1.12. The third-order valence-electron chi connectivity index (χ3n) is 4.27. The van der Waals surface area contributed by atoms with Crippen LogP contribution in [0, 0.1) is 23.2 Å². The normalized spacial score (nSPS) is 48.2. The minimum Gasteiger partial charge on any atom is -0.368 e. The lowest BCUT2D eigenvalue weighted by Gasteiger charge is -2.47. The summed E-state index contributed by atoms with van der Waals surface area (Å²) in [6.07, 6.45) is 4.79.